The van der Waals surface area contributed by atoms with E-state index in [1.165, 1.54) is 6.07 Å². The van der Waals surface area contributed by atoms with Crippen LogP contribution in [-0.4, -0.2) is 44.5 Å². The fourth-order valence-electron chi connectivity index (χ4n) is 3.31. The Kier molecular flexibility index (Phi) is 5.42. The number of amides is 2. The number of nitrogens with one attached hydrogen (secondary N) is 3. The molecular formula is C20H23FN4O3S. The maximum atomic E-state index is 14.1. The number of carbonyl (C=O) groups excluding carboxylic acids is 1. The summed E-state index contributed by atoms with van der Waals surface area (Å²) >= 11 is 0. The highest BCUT2D eigenvalue weighted by Crippen LogP contribution is 2.25. The average Bonchev–Trinajstić information content (AvgIpc) is 3.37. The second-order valence-corrected chi connectivity index (χ2v) is 9.10. The Bertz CT molecular complexity index is 996. The number of likely N-dealkylation sites (tertiary alicyclic amines) is 1. The van der Waals surface area contributed by atoms with E-state index < -0.39 is 20.7 Å². The van der Waals surface area contributed by atoms with Crippen LogP contribution in [0.25, 0.3) is 0 Å². The Hall–Kier alpha value is -2.65. The van der Waals surface area contributed by atoms with Gasteiger partial charge >= 0.3 is 6.03 Å². The number of urea groups is 1. The number of anilines is 2. The number of sulfonamides is 1. The van der Waals surface area contributed by atoms with Gasteiger partial charge in [0.25, 0.3) is 0 Å². The summed E-state index contributed by atoms with van der Waals surface area (Å²) in [5.41, 5.74) is 1.24. The summed E-state index contributed by atoms with van der Waals surface area (Å²) in [5, 5.41) is 6.07. The molecule has 2 aliphatic rings. The fourth-order valence-corrected chi connectivity index (χ4v) is 4.71. The average molecular weight is 418 g/mol. The maximum absolute atomic E-state index is 14.1. The zero-order chi connectivity index (χ0) is 20.4. The molecule has 2 aromatic rings. The van der Waals surface area contributed by atoms with Gasteiger partial charge in [-0.05, 0) is 49.6 Å². The highest BCUT2D eigenvalue weighted by Gasteiger charge is 2.30. The zero-order valence-electron chi connectivity index (χ0n) is 15.8. The molecule has 1 aliphatic heterocycles. The van der Waals surface area contributed by atoms with E-state index in [0.717, 1.165) is 37.1 Å². The molecule has 2 fully saturated rings. The summed E-state index contributed by atoms with van der Waals surface area (Å²) in [7, 11) is -3.95. The number of rotatable bonds is 6. The molecule has 1 saturated heterocycles. The number of hydrogen-bond donors (Lipinski definition) is 3. The van der Waals surface area contributed by atoms with Gasteiger partial charge in [-0.3, -0.25) is 0 Å². The molecule has 1 aliphatic carbocycles. The maximum Gasteiger partial charge on any atom is 0.321 e. The van der Waals surface area contributed by atoms with E-state index in [4.69, 9.17) is 0 Å². The number of para-hydroxylation sites is 1. The van der Waals surface area contributed by atoms with Crippen LogP contribution in [0.3, 0.4) is 0 Å². The summed E-state index contributed by atoms with van der Waals surface area (Å²) in [5.74, 6) is -0.843. The summed E-state index contributed by atoms with van der Waals surface area (Å²) in [4.78, 5) is 13.8. The van der Waals surface area contributed by atoms with Gasteiger partial charge in [0.15, 0.2) is 0 Å². The Labute approximate surface area is 169 Å². The van der Waals surface area contributed by atoms with Gasteiger partial charge in [0.2, 0.25) is 10.0 Å². The van der Waals surface area contributed by atoms with Crippen LogP contribution in [0.5, 0.6) is 0 Å². The third-order valence-electron chi connectivity index (χ3n) is 4.99. The minimum Gasteiger partial charge on any atom is -0.380 e. The van der Waals surface area contributed by atoms with Crippen molar-refractivity contribution in [2.75, 3.05) is 23.7 Å². The van der Waals surface area contributed by atoms with Gasteiger partial charge in [-0.15, -0.1) is 0 Å². The van der Waals surface area contributed by atoms with Crippen molar-refractivity contribution in [1.82, 2.24) is 9.62 Å². The van der Waals surface area contributed by atoms with E-state index in [1.807, 2.05) is 30.3 Å². The summed E-state index contributed by atoms with van der Waals surface area (Å²) in [6.45, 7) is 1.10. The van der Waals surface area contributed by atoms with Crippen molar-refractivity contribution in [2.45, 2.75) is 36.2 Å². The van der Waals surface area contributed by atoms with E-state index in [9.17, 15) is 17.6 Å². The third kappa shape index (κ3) is 4.86. The Balaban J connectivity index is 1.39. The van der Waals surface area contributed by atoms with E-state index in [2.05, 4.69) is 15.4 Å². The normalized spacial score (nSPS) is 19.2. The van der Waals surface area contributed by atoms with Crippen molar-refractivity contribution in [3.63, 3.8) is 0 Å². The molecule has 4 rings (SSSR count). The van der Waals surface area contributed by atoms with Crippen LogP contribution >= 0.6 is 0 Å². The number of benzene rings is 2. The van der Waals surface area contributed by atoms with Crippen LogP contribution in [0.15, 0.2) is 53.4 Å². The largest absolute Gasteiger partial charge is 0.380 e. The quantitative estimate of drug-likeness (QED) is 0.673. The summed E-state index contributed by atoms with van der Waals surface area (Å²) < 4.78 is 41.2. The molecule has 0 radical (unpaired) electrons. The molecular weight excluding hydrogens is 395 g/mol. The minimum absolute atomic E-state index is 0.128. The first-order valence-electron chi connectivity index (χ1n) is 9.60. The van der Waals surface area contributed by atoms with Crippen LogP contribution in [0.4, 0.5) is 20.6 Å². The summed E-state index contributed by atoms with van der Waals surface area (Å²) in [6.07, 6.45) is 2.31. The van der Waals surface area contributed by atoms with Crippen LogP contribution in [0.2, 0.25) is 0 Å². The van der Waals surface area contributed by atoms with Gasteiger partial charge in [-0.1, -0.05) is 18.2 Å². The number of halogens is 1. The van der Waals surface area contributed by atoms with Gasteiger partial charge in [0.1, 0.15) is 10.7 Å². The Morgan fingerprint density at radius 1 is 1.00 bits per heavy atom. The molecule has 3 N–H and O–H groups in total. The molecule has 2 amide bonds. The highest BCUT2D eigenvalue weighted by molar-refractivity contribution is 7.89. The molecule has 1 atom stereocenters. The smallest absolute Gasteiger partial charge is 0.321 e. The van der Waals surface area contributed by atoms with Gasteiger partial charge < -0.3 is 15.5 Å². The van der Waals surface area contributed by atoms with Crippen molar-refractivity contribution in [3.05, 3.63) is 54.3 Å². The number of nitrogens with zero attached hydrogens (tertiary/aromatic N) is 1. The standard InChI is InChI=1S/C20H23FN4O3S/c21-18-9-8-16(12-19(18)29(27,28)24-15-6-7-15)23-20(26)25-11-10-17(13-25)22-14-4-2-1-3-5-14/h1-5,8-9,12,15,17,22,24H,6-7,10-11,13H2,(H,23,26)/t17-/m0/s1. The van der Waals surface area contributed by atoms with Crippen LogP contribution in [0.1, 0.15) is 19.3 Å². The van der Waals surface area contributed by atoms with Crippen molar-refractivity contribution in [1.29, 1.82) is 0 Å². The van der Waals surface area contributed by atoms with Crippen LogP contribution in [0, 0.1) is 5.82 Å². The van der Waals surface area contributed by atoms with E-state index >= 15 is 0 Å². The molecule has 0 aromatic heterocycles. The zero-order valence-corrected chi connectivity index (χ0v) is 16.6. The second-order valence-electron chi connectivity index (χ2n) is 7.41. The molecule has 0 bridgehead atoms. The molecule has 1 heterocycles. The lowest BCUT2D eigenvalue weighted by atomic mass is 10.2. The molecule has 29 heavy (non-hydrogen) atoms. The lowest BCUT2D eigenvalue weighted by molar-refractivity contribution is 0.222. The van der Waals surface area contributed by atoms with E-state index in [-0.39, 0.29) is 23.8 Å². The van der Waals surface area contributed by atoms with Crippen molar-refractivity contribution >= 4 is 27.4 Å². The van der Waals surface area contributed by atoms with Gasteiger partial charge in [0.05, 0.1) is 0 Å². The van der Waals surface area contributed by atoms with Gasteiger partial charge in [0, 0.05) is 36.5 Å². The topological polar surface area (TPSA) is 90.5 Å². The monoisotopic (exact) mass is 418 g/mol. The predicted molar refractivity (Wildman–Crippen MR) is 109 cm³/mol. The first-order chi connectivity index (χ1) is 13.9. The SMILES string of the molecule is O=C(Nc1ccc(F)c(S(=O)(=O)NC2CC2)c1)N1CC[C@H](Nc2ccccc2)C1. The van der Waals surface area contributed by atoms with E-state index in [0.29, 0.717) is 13.1 Å². The van der Waals surface area contributed by atoms with Crippen LogP contribution < -0.4 is 15.4 Å². The van der Waals surface area contributed by atoms with Crippen molar-refractivity contribution < 1.29 is 17.6 Å². The van der Waals surface area contributed by atoms with Crippen molar-refractivity contribution in [2.24, 2.45) is 0 Å². The molecule has 9 heteroatoms. The Morgan fingerprint density at radius 2 is 1.76 bits per heavy atom. The summed E-state index contributed by atoms with van der Waals surface area (Å²) in [6, 6.07) is 13.0. The lowest BCUT2D eigenvalue weighted by Gasteiger charge is -2.19. The second kappa shape index (κ2) is 8.00. The minimum atomic E-state index is -3.95. The van der Waals surface area contributed by atoms with Crippen molar-refractivity contribution in [3.8, 4) is 0 Å². The predicted octanol–water partition coefficient (Wildman–Crippen LogP) is 2.98. The van der Waals surface area contributed by atoms with Gasteiger partial charge in [-0.2, -0.15) is 0 Å². The molecule has 2 aromatic carbocycles. The van der Waals surface area contributed by atoms with Crippen LogP contribution in [-0.2, 0) is 10.0 Å². The first kappa shape index (κ1) is 19.7. The number of carbonyl (C=O) groups is 1. The first-order valence-corrected chi connectivity index (χ1v) is 11.1. The molecule has 0 unspecified atom stereocenters. The Morgan fingerprint density at radius 3 is 2.48 bits per heavy atom. The number of hydrogen-bond acceptors (Lipinski definition) is 4. The molecule has 154 valence electrons. The lowest BCUT2D eigenvalue weighted by Crippen LogP contribution is -2.35. The fraction of sp³-hybridized carbons (Fsp3) is 0.350. The highest BCUT2D eigenvalue weighted by atomic mass is 32.2. The molecule has 7 nitrogen and oxygen atoms in total. The molecule has 0 spiro atoms. The molecule has 1 saturated carbocycles. The van der Waals surface area contributed by atoms with E-state index in [1.54, 1.807) is 4.90 Å². The van der Waals surface area contributed by atoms with Gasteiger partial charge in [-0.25, -0.2) is 22.3 Å². The third-order valence-corrected chi connectivity index (χ3v) is 6.53.